The van der Waals surface area contributed by atoms with Crippen LogP contribution in [0.25, 0.3) is 0 Å². The van der Waals surface area contributed by atoms with Crippen LogP contribution in [0.1, 0.15) is 36.8 Å². The van der Waals surface area contributed by atoms with E-state index in [-0.39, 0.29) is 0 Å². The molecule has 2 bridgehead atoms. The Bertz CT molecular complexity index is 436. The van der Waals surface area contributed by atoms with Gasteiger partial charge in [-0.1, -0.05) is 24.3 Å². The van der Waals surface area contributed by atoms with Crippen molar-refractivity contribution in [3.8, 4) is 0 Å². The summed E-state index contributed by atoms with van der Waals surface area (Å²) in [4.78, 5) is 2.54. The van der Waals surface area contributed by atoms with Crippen molar-refractivity contribution in [1.82, 2.24) is 10.2 Å². The highest BCUT2D eigenvalue weighted by atomic mass is 16.5. The first-order valence-electron chi connectivity index (χ1n) is 7.77. The zero-order chi connectivity index (χ0) is 13.9. The van der Waals surface area contributed by atoms with E-state index in [4.69, 9.17) is 4.74 Å². The van der Waals surface area contributed by atoms with Gasteiger partial charge in [0.2, 0.25) is 0 Å². The molecule has 2 saturated heterocycles. The predicted octanol–water partition coefficient (Wildman–Crippen LogP) is 2.55. The van der Waals surface area contributed by atoms with Crippen molar-refractivity contribution >= 4 is 0 Å². The molecule has 1 aromatic rings. The molecule has 20 heavy (non-hydrogen) atoms. The van der Waals surface area contributed by atoms with Gasteiger partial charge >= 0.3 is 0 Å². The SMILES string of the molecule is COCc1cccc(CN(C)C2CC3CCC(C2)N3)c1. The molecule has 110 valence electrons. The highest BCUT2D eigenvalue weighted by molar-refractivity contribution is 5.23. The van der Waals surface area contributed by atoms with E-state index in [1.807, 2.05) is 0 Å². The van der Waals surface area contributed by atoms with Crippen LogP contribution in [0.4, 0.5) is 0 Å². The molecule has 1 aromatic carbocycles. The Morgan fingerprint density at radius 2 is 1.90 bits per heavy atom. The molecule has 2 atom stereocenters. The molecule has 0 radical (unpaired) electrons. The van der Waals surface area contributed by atoms with E-state index >= 15 is 0 Å². The Hall–Kier alpha value is -0.900. The fourth-order valence-corrected chi connectivity index (χ4v) is 3.79. The fraction of sp³-hybridized carbons (Fsp3) is 0.647. The van der Waals surface area contributed by atoms with Gasteiger partial charge in [-0.3, -0.25) is 4.90 Å². The van der Waals surface area contributed by atoms with Crippen LogP contribution in [0.3, 0.4) is 0 Å². The van der Waals surface area contributed by atoms with Crippen molar-refractivity contribution in [2.75, 3.05) is 14.2 Å². The maximum absolute atomic E-state index is 5.22. The molecule has 0 amide bonds. The average molecular weight is 274 g/mol. The van der Waals surface area contributed by atoms with E-state index < -0.39 is 0 Å². The number of nitrogens with one attached hydrogen (secondary N) is 1. The van der Waals surface area contributed by atoms with E-state index in [2.05, 4.69) is 41.5 Å². The number of rotatable bonds is 5. The molecule has 1 N–H and O–H groups in total. The minimum absolute atomic E-state index is 0.703. The third kappa shape index (κ3) is 3.22. The minimum atomic E-state index is 0.703. The second-order valence-electron chi connectivity index (χ2n) is 6.43. The Morgan fingerprint density at radius 1 is 1.20 bits per heavy atom. The normalized spacial score (nSPS) is 29.1. The van der Waals surface area contributed by atoms with Gasteiger partial charge in [-0.05, 0) is 43.9 Å². The average Bonchev–Trinajstić information content (AvgIpc) is 2.78. The molecule has 3 heteroatoms. The summed E-state index contributed by atoms with van der Waals surface area (Å²) in [5.74, 6) is 0. The van der Waals surface area contributed by atoms with Crippen molar-refractivity contribution in [1.29, 1.82) is 0 Å². The molecular formula is C17H26N2O. The zero-order valence-corrected chi connectivity index (χ0v) is 12.6. The number of hydrogen-bond acceptors (Lipinski definition) is 3. The lowest BCUT2D eigenvalue weighted by Gasteiger charge is -2.35. The molecule has 0 saturated carbocycles. The van der Waals surface area contributed by atoms with Crippen LogP contribution in [0.5, 0.6) is 0 Å². The fourth-order valence-electron chi connectivity index (χ4n) is 3.79. The largest absolute Gasteiger partial charge is 0.380 e. The smallest absolute Gasteiger partial charge is 0.0713 e. The minimum Gasteiger partial charge on any atom is -0.380 e. The van der Waals surface area contributed by atoms with E-state index in [1.54, 1.807) is 7.11 Å². The first-order valence-corrected chi connectivity index (χ1v) is 7.77. The van der Waals surface area contributed by atoms with Crippen molar-refractivity contribution in [2.45, 2.75) is 57.0 Å². The van der Waals surface area contributed by atoms with Crippen LogP contribution in [0, 0.1) is 0 Å². The summed E-state index contributed by atoms with van der Waals surface area (Å²) in [7, 11) is 4.03. The number of piperidine rings is 1. The Kier molecular flexibility index (Phi) is 4.39. The van der Waals surface area contributed by atoms with Crippen molar-refractivity contribution in [3.05, 3.63) is 35.4 Å². The predicted molar refractivity (Wildman–Crippen MR) is 81.6 cm³/mol. The van der Waals surface area contributed by atoms with E-state index in [9.17, 15) is 0 Å². The molecular weight excluding hydrogens is 248 g/mol. The molecule has 2 aliphatic heterocycles. The van der Waals surface area contributed by atoms with Gasteiger partial charge in [0.25, 0.3) is 0 Å². The maximum atomic E-state index is 5.22. The third-order valence-corrected chi connectivity index (χ3v) is 4.81. The maximum Gasteiger partial charge on any atom is 0.0713 e. The Balaban J connectivity index is 1.60. The number of methoxy groups -OCH3 is 1. The number of fused-ring (bicyclic) bond motifs is 2. The lowest BCUT2D eigenvalue weighted by molar-refractivity contribution is 0.165. The topological polar surface area (TPSA) is 24.5 Å². The second kappa shape index (κ2) is 6.25. The summed E-state index contributed by atoms with van der Waals surface area (Å²) >= 11 is 0. The van der Waals surface area contributed by atoms with E-state index in [0.29, 0.717) is 6.61 Å². The summed E-state index contributed by atoms with van der Waals surface area (Å²) in [5.41, 5.74) is 2.66. The van der Waals surface area contributed by atoms with Crippen LogP contribution in [-0.2, 0) is 17.9 Å². The Morgan fingerprint density at radius 3 is 2.60 bits per heavy atom. The van der Waals surface area contributed by atoms with Gasteiger partial charge < -0.3 is 10.1 Å². The van der Waals surface area contributed by atoms with Crippen molar-refractivity contribution in [3.63, 3.8) is 0 Å². The van der Waals surface area contributed by atoms with E-state index in [0.717, 1.165) is 24.7 Å². The monoisotopic (exact) mass is 274 g/mol. The lowest BCUT2D eigenvalue weighted by Crippen LogP contribution is -2.46. The molecule has 3 rings (SSSR count). The van der Waals surface area contributed by atoms with Crippen LogP contribution in [0.2, 0.25) is 0 Å². The molecule has 2 aliphatic rings. The highest BCUT2D eigenvalue weighted by Gasteiger charge is 2.34. The molecule has 3 nitrogen and oxygen atoms in total. The zero-order valence-electron chi connectivity index (χ0n) is 12.6. The molecule has 2 heterocycles. The van der Waals surface area contributed by atoms with Gasteiger partial charge in [-0.2, -0.15) is 0 Å². The summed E-state index contributed by atoms with van der Waals surface area (Å²) < 4.78 is 5.22. The second-order valence-corrected chi connectivity index (χ2v) is 6.43. The molecule has 0 aliphatic carbocycles. The van der Waals surface area contributed by atoms with Gasteiger partial charge in [-0.15, -0.1) is 0 Å². The first kappa shape index (κ1) is 14.1. The van der Waals surface area contributed by atoms with Gasteiger partial charge in [0.15, 0.2) is 0 Å². The van der Waals surface area contributed by atoms with Crippen LogP contribution in [0.15, 0.2) is 24.3 Å². The third-order valence-electron chi connectivity index (χ3n) is 4.81. The lowest BCUT2D eigenvalue weighted by atomic mass is 9.98. The standard InChI is InChI=1S/C17H26N2O/c1-19(17-9-15-6-7-16(10-17)18-15)11-13-4-3-5-14(8-13)12-20-2/h3-5,8,15-18H,6-7,9-12H2,1-2H3. The number of hydrogen-bond donors (Lipinski definition) is 1. The van der Waals surface area contributed by atoms with Gasteiger partial charge in [0, 0.05) is 31.8 Å². The van der Waals surface area contributed by atoms with Crippen LogP contribution < -0.4 is 5.32 Å². The summed E-state index contributed by atoms with van der Waals surface area (Å²) in [6, 6.07) is 11.0. The first-order chi connectivity index (χ1) is 9.74. The number of benzene rings is 1. The quantitative estimate of drug-likeness (QED) is 0.893. The van der Waals surface area contributed by atoms with Crippen molar-refractivity contribution in [2.24, 2.45) is 0 Å². The molecule has 2 fully saturated rings. The molecule has 2 unspecified atom stereocenters. The van der Waals surface area contributed by atoms with Crippen LogP contribution in [-0.4, -0.2) is 37.2 Å². The Labute approximate surface area is 122 Å². The van der Waals surface area contributed by atoms with E-state index in [1.165, 1.54) is 36.8 Å². The number of nitrogens with zero attached hydrogens (tertiary/aromatic N) is 1. The van der Waals surface area contributed by atoms with Gasteiger partial charge in [0.05, 0.1) is 6.61 Å². The van der Waals surface area contributed by atoms with Crippen molar-refractivity contribution < 1.29 is 4.74 Å². The molecule has 0 spiro atoms. The van der Waals surface area contributed by atoms with Gasteiger partial charge in [-0.25, -0.2) is 0 Å². The summed E-state index contributed by atoms with van der Waals surface area (Å²) in [6.07, 6.45) is 5.37. The van der Waals surface area contributed by atoms with Crippen LogP contribution >= 0.6 is 0 Å². The summed E-state index contributed by atoms with van der Waals surface area (Å²) in [5, 5.41) is 3.72. The number of ether oxygens (including phenoxy) is 1. The summed E-state index contributed by atoms with van der Waals surface area (Å²) in [6.45, 7) is 1.75. The van der Waals surface area contributed by atoms with Gasteiger partial charge in [0.1, 0.15) is 0 Å². The molecule has 0 aromatic heterocycles. The highest BCUT2D eigenvalue weighted by Crippen LogP contribution is 2.29.